The standard InChI is InChI=1S/C20H31N3O2.ClH/c1-15(2)13-18(24)22-19(17-7-5-4-6-8-17)20(25)23-11-9-16(10-12-23)14-21-3;/h4-8,15-16,19,21H,9-14H2,1-3H3,(H,22,24);1H. The van der Waals surface area contributed by atoms with Gasteiger partial charge in [-0.1, -0.05) is 44.2 Å². The van der Waals surface area contributed by atoms with Gasteiger partial charge in [-0.3, -0.25) is 9.59 Å². The Bertz CT molecular complexity index is 557. The fraction of sp³-hybridized carbons (Fsp3) is 0.600. The van der Waals surface area contributed by atoms with Crippen molar-refractivity contribution in [2.75, 3.05) is 26.7 Å². The number of amides is 2. The molecule has 1 aromatic rings. The van der Waals surface area contributed by atoms with E-state index in [0.717, 1.165) is 38.0 Å². The van der Waals surface area contributed by atoms with E-state index >= 15 is 0 Å². The van der Waals surface area contributed by atoms with Crippen molar-refractivity contribution in [3.05, 3.63) is 35.9 Å². The van der Waals surface area contributed by atoms with Crippen LogP contribution < -0.4 is 10.6 Å². The summed E-state index contributed by atoms with van der Waals surface area (Å²) in [5, 5.41) is 6.17. The lowest BCUT2D eigenvalue weighted by molar-refractivity contribution is -0.138. The quantitative estimate of drug-likeness (QED) is 0.763. The van der Waals surface area contributed by atoms with Crippen LogP contribution in [0.2, 0.25) is 0 Å². The molecule has 1 aliphatic rings. The third-order valence-electron chi connectivity index (χ3n) is 4.70. The average molecular weight is 382 g/mol. The zero-order chi connectivity index (χ0) is 18.2. The minimum absolute atomic E-state index is 0. The van der Waals surface area contributed by atoms with Crippen LogP contribution in [0.15, 0.2) is 30.3 Å². The van der Waals surface area contributed by atoms with Gasteiger partial charge in [0.2, 0.25) is 11.8 Å². The number of carbonyl (C=O) groups excluding carboxylic acids is 2. The number of nitrogens with zero attached hydrogens (tertiary/aromatic N) is 1. The molecule has 0 spiro atoms. The third kappa shape index (κ3) is 6.61. The second-order valence-corrected chi connectivity index (χ2v) is 7.34. The molecule has 0 aromatic heterocycles. The average Bonchev–Trinajstić information content (AvgIpc) is 2.60. The Morgan fingerprint density at radius 3 is 2.31 bits per heavy atom. The maximum absolute atomic E-state index is 13.1. The summed E-state index contributed by atoms with van der Waals surface area (Å²) in [5.41, 5.74) is 0.849. The number of benzene rings is 1. The highest BCUT2D eigenvalue weighted by Crippen LogP contribution is 2.22. The number of carbonyl (C=O) groups is 2. The van der Waals surface area contributed by atoms with E-state index in [4.69, 9.17) is 0 Å². The molecular formula is C20H32ClN3O2. The number of piperidine rings is 1. The van der Waals surface area contributed by atoms with Crippen LogP contribution in [0.3, 0.4) is 0 Å². The highest BCUT2D eigenvalue weighted by molar-refractivity contribution is 5.88. The molecule has 0 saturated carbocycles. The first-order valence-corrected chi connectivity index (χ1v) is 9.29. The number of halogens is 1. The van der Waals surface area contributed by atoms with Gasteiger partial charge < -0.3 is 15.5 Å². The summed E-state index contributed by atoms with van der Waals surface area (Å²) in [5.74, 6) is 0.831. The zero-order valence-electron chi connectivity index (χ0n) is 16.0. The lowest BCUT2D eigenvalue weighted by atomic mass is 9.95. The monoisotopic (exact) mass is 381 g/mol. The molecule has 146 valence electrons. The summed E-state index contributed by atoms with van der Waals surface area (Å²) < 4.78 is 0. The van der Waals surface area contributed by atoms with Gasteiger partial charge >= 0.3 is 0 Å². The van der Waals surface area contributed by atoms with Gasteiger partial charge in [-0.05, 0) is 43.8 Å². The lowest BCUT2D eigenvalue weighted by Gasteiger charge is -2.34. The van der Waals surface area contributed by atoms with E-state index in [2.05, 4.69) is 10.6 Å². The Morgan fingerprint density at radius 1 is 1.15 bits per heavy atom. The number of rotatable bonds is 7. The van der Waals surface area contributed by atoms with Crippen LogP contribution in [-0.4, -0.2) is 43.4 Å². The van der Waals surface area contributed by atoms with Gasteiger partial charge in [0, 0.05) is 19.5 Å². The van der Waals surface area contributed by atoms with Gasteiger partial charge in [-0.15, -0.1) is 12.4 Å². The SMILES string of the molecule is CNCC1CCN(C(=O)C(NC(=O)CC(C)C)c2ccccc2)CC1.Cl. The molecule has 5 nitrogen and oxygen atoms in total. The van der Waals surface area contributed by atoms with Crippen LogP contribution >= 0.6 is 12.4 Å². The summed E-state index contributed by atoms with van der Waals surface area (Å²) >= 11 is 0. The predicted molar refractivity (Wildman–Crippen MR) is 107 cm³/mol. The normalized spacial score (nSPS) is 16.1. The summed E-state index contributed by atoms with van der Waals surface area (Å²) in [6, 6.07) is 8.96. The van der Waals surface area contributed by atoms with Crippen molar-refractivity contribution in [1.82, 2.24) is 15.5 Å². The van der Waals surface area contributed by atoms with Gasteiger partial charge in [0.05, 0.1) is 0 Å². The maximum atomic E-state index is 13.1. The van der Waals surface area contributed by atoms with Crippen molar-refractivity contribution in [3.63, 3.8) is 0 Å². The largest absolute Gasteiger partial charge is 0.341 e. The molecule has 1 fully saturated rings. The van der Waals surface area contributed by atoms with Crippen molar-refractivity contribution in [1.29, 1.82) is 0 Å². The second-order valence-electron chi connectivity index (χ2n) is 7.34. The number of hydrogen-bond donors (Lipinski definition) is 2. The van der Waals surface area contributed by atoms with Crippen molar-refractivity contribution >= 4 is 24.2 Å². The van der Waals surface area contributed by atoms with Crippen LogP contribution in [0.1, 0.15) is 44.7 Å². The summed E-state index contributed by atoms with van der Waals surface area (Å²) in [4.78, 5) is 27.3. The van der Waals surface area contributed by atoms with Gasteiger partial charge in [0.15, 0.2) is 0 Å². The van der Waals surface area contributed by atoms with E-state index in [9.17, 15) is 9.59 Å². The van der Waals surface area contributed by atoms with Gasteiger partial charge in [0.1, 0.15) is 6.04 Å². The summed E-state index contributed by atoms with van der Waals surface area (Å²) in [6.45, 7) is 6.52. The fourth-order valence-corrected chi connectivity index (χ4v) is 3.35. The maximum Gasteiger partial charge on any atom is 0.249 e. The van der Waals surface area contributed by atoms with E-state index in [1.54, 1.807) is 0 Å². The highest BCUT2D eigenvalue weighted by Gasteiger charge is 2.30. The summed E-state index contributed by atoms with van der Waals surface area (Å²) in [6.07, 6.45) is 2.45. The Kier molecular flexibility index (Phi) is 9.66. The Balaban J connectivity index is 0.00000338. The van der Waals surface area contributed by atoms with Crippen molar-refractivity contribution in [3.8, 4) is 0 Å². The molecular weight excluding hydrogens is 350 g/mol. The van der Waals surface area contributed by atoms with Crippen LogP contribution in [0.4, 0.5) is 0 Å². The van der Waals surface area contributed by atoms with Crippen molar-refractivity contribution < 1.29 is 9.59 Å². The first-order chi connectivity index (χ1) is 12.0. The van der Waals surface area contributed by atoms with Crippen LogP contribution in [0.5, 0.6) is 0 Å². The first kappa shape index (κ1) is 22.5. The smallest absolute Gasteiger partial charge is 0.249 e. The minimum atomic E-state index is -0.590. The molecule has 0 radical (unpaired) electrons. The molecule has 2 N–H and O–H groups in total. The van der Waals surface area contributed by atoms with Crippen LogP contribution in [0.25, 0.3) is 0 Å². The van der Waals surface area contributed by atoms with Crippen LogP contribution in [0, 0.1) is 11.8 Å². The number of hydrogen-bond acceptors (Lipinski definition) is 3. The zero-order valence-corrected chi connectivity index (χ0v) is 16.8. The molecule has 1 unspecified atom stereocenters. The van der Waals surface area contributed by atoms with Crippen LogP contribution in [-0.2, 0) is 9.59 Å². The van der Waals surface area contributed by atoms with Gasteiger partial charge in [-0.25, -0.2) is 0 Å². The van der Waals surface area contributed by atoms with Crippen molar-refractivity contribution in [2.45, 2.75) is 39.2 Å². The van der Waals surface area contributed by atoms with E-state index in [-0.39, 0.29) is 30.1 Å². The first-order valence-electron chi connectivity index (χ1n) is 9.29. The Morgan fingerprint density at radius 2 is 1.77 bits per heavy atom. The third-order valence-corrected chi connectivity index (χ3v) is 4.70. The second kappa shape index (κ2) is 11.2. The lowest BCUT2D eigenvalue weighted by Crippen LogP contribution is -2.47. The fourth-order valence-electron chi connectivity index (χ4n) is 3.35. The van der Waals surface area contributed by atoms with Crippen molar-refractivity contribution in [2.24, 2.45) is 11.8 Å². The molecule has 2 rings (SSSR count). The van der Waals surface area contributed by atoms with E-state index < -0.39 is 6.04 Å². The Labute approximate surface area is 163 Å². The molecule has 1 saturated heterocycles. The number of nitrogens with one attached hydrogen (secondary N) is 2. The van der Waals surface area contributed by atoms with E-state index in [0.29, 0.717) is 12.3 Å². The molecule has 1 atom stereocenters. The molecule has 1 aromatic carbocycles. The molecule has 0 bridgehead atoms. The van der Waals surface area contributed by atoms with Gasteiger partial charge in [-0.2, -0.15) is 0 Å². The molecule has 1 heterocycles. The molecule has 6 heteroatoms. The molecule has 26 heavy (non-hydrogen) atoms. The topological polar surface area (TPSA) is 61.4 Å². The minimum Gasteiger partial charge on any atom is -0.341 e. The molecule has 0 aliphatic carbocycles. The van der Waals surface area contributed by atoms with Gasteiger partial charge in [0.25, 0.3) is 0 Å². The number of likely N-dealkylation sites (tertiary alicyclic amines) is 1. The molecule has 2 amide bonds. The molecule has 1 aliphatic heterocycles. The Hall–Kier alpha value is -1.59. The predicted octanol–water partition coefficient (Wildman–Crippen LogP) is 2.77. The highest BCUT2D eigenvalue weighted by atomic mass is 35.5. The summed E-state index contributed by atoms with van der Waals surface area (Å²) in [7, 11) is 1.97. The van der Waals surface area contributed by atoms with E-state index in [1.807, 2.05) is 56.1 Å². The van der Waals surface area contributed by atoms with E-state index in [1.165, 1.54) is 0 Å².